The van der Waals surface area contributed by atoms with E-state index in [0.29, 0.717) is 24.5 Å². The Balaban J connectivity index is 1.51. The molecule has 2 aliphatic rings. The van der Waals surface area contributed by atoms with Gasteiger partial charge in [-0.05, 0) is 55.7 Å². The second kappa shape index (κ2) is 8.89. The molecule has 1 fully saturated rings. The maximum Gasteiger partial charge on any atom is 0.271 e. The average molecular weight is 447 g/mol. The number of rotatable bonds is 5. The van der Waals surface area contributed by atoms with E-state index in [2.05, 4.69) is 10.3 Å². The molecule has 0 radical (unpaired) electrons. The second-order valence-electron chi connectivity index (χ2n) is 9.36. The molecule has 1 aliphatic carbocycles. The average Bonchev–Trinajstić information content (AvgIpc) is 3.42. The van der Waals surface area contributed by atoms with Gasteiger partial charge in [-0.15, -0.1) is 0 Å². The van der Waals surface area contributed by atoms with Crippen molar-refractivity contribution in [2.75, 3.05) is 0 Å². The summed E-state index contributed by atoms with van der Waals surface area (Å²) < 4.78 is 7.54. The van der Waals surface area contributed by atoms with Gasteiger partial charge in [-0.25, -0.2) is 0 Å². The Hall–Kier alpha value is -3.35. The highest BCUT2D eigenvalue weighted by Gasteiger charge is 2.48. The molecule has 2 amide bonds. The van der Waals surface area contributed by atoms with Gasteiger partial charge in [0.05, 0.1) is 18.5 Å². The molecule has 0 unspecified atom stereocenters. The van der Waals surface area contributed by atoms with Gasteiger partial charge in [-0.3, -0.25) is 14.6 Å². The predicted molar refractivity (Wildman–Crippen MR) is 124 cm³/mol. The summed E-state index contributed by atoms with van der Waals surface area (Å²) in [6.07, 6.45) is 11.7. The van der Waals surface area contributed by atoms with Gasteiger partial charge in [0.25, 0.3) is 5.91 Å². The molecule has 5 rings (SSSR count). The van der Waals surface area contributed by atoms with Crippen LogP contribution in [-0.2, 0) is 17.9 Å². The molecule has 1 N–H and O–H groups in total. The Bertz CT molecular complexity index is 1110. The van der Waals surface area contributed by atoms with E-state index in [1.165, 1.54) is 12.8 Å². The lowest BCUT2D eigenvalue weighted by Gasteiger charge is -2.44. The molecule has 0 bridgehead atoms. The van der Waals surface area contributed by atoms with Crippen LogP contribution in [0.15, 0.2) is 59.5 Å². The normalized spacial score (nSPS) is 21.5. The molecule has 0 saturated heterocycles. The Morgan fingerprint density at radius 3 is 2.61 bits per heavy atom. The summed E-state index contributed by atoms with van der Waals surface area (Å²) in [7, 11) is 0. The lowest BCUT2D eigenvalue weighted by atomic mass is 9.93. The Kier molecular flexibility index (Phi) is 5.79. The minimum absolute atomic E-state index is 0.101. The zero-order chi connectivity index (χ0) is 22.8. The molecule has 7 heteroatoms. The van der Waals surface area contributed by atoms with Crippen molar-refractivity contribution in [3.8, 4) is 11.5 Å². The number of hydrogen-bond donors (Lipinski definition) is 1. The van der Waals surface area contributed by atoms with Crippen molar-refractivity contribution in [3.05, 3.63) is 66.3 Å². The van der Waals surface area contributed by atoms with E-state index in [4.69, 9.17) is 4.42 Å². The number of furan rings is 1. The zero-order valence-corrected chi connectivity index (χ0v) is 19.0. The molecule has 7 nitrogen and oxygen atoms in total. The van der Waals surface area contributed by atoms with Crippen molar-refractivity contribution >= 4 is 11.8 Å². The fraction of sp³-hybridized carbons (Fsp3) is 0.423. The number of carbonyl (C=O) groups is 2. The Morgan fingerprint density at radius 2 is 1.91 bits per heavy atom. The molecule has 33 heavy (non-hydrogen) atoms. The van der Waals surface area contributed by atoms with Crippen LogP contribution in [-0.4, -0.2) is 37.8 Å². The number of nitrogens with zero attached hydrogens (tertiary/aromatic N) is 3. The fourth-order valence-electron chi connectivity index (χ4n) is 5.10. The monoisotopic (exact) mass is 446 g/mol. The van der Waals surface area contributed by atoms with E-state index in [1.54, 1.807) is 23.6 Å². The highest BCUT2D eigenvalue weighted by Crippen LogP contribution is 2.34. The molecular weight excluding hydrogens is 416 g/mol. The molecule has 0 aromatic carbocycles. The summed E-state index contributed by atoms with van der Waals surface area (Å²) in [6.45, 7) is 2.56. The number of aromatic nitrogens is 2. The van der Waals surface area contributed by atoms with E-state index >= 15 is 0 Å². The number of nitrogens with one attached hydrogen (secondary N) is 1. The second-order valence-corrected chi connectivity index (χ2v) is 9.36. The van der Waals surface area contributed by atoms with Crippen molar-refractivity contribution in [2.24, 2.45) is 0 Å². The summed E-state index contributed by atoms with van der Waals surface area (Å²) in [6, 6.07) is 11.4. The lowest BCUT2D eigenvalue weighted by molar-refractivity contribution is -0.134. The van der Waals surface area contributed by atoms with Crippen molar-refractivity contribution in [1.82, 2.24) is 19.8 Å². The van der Waals surface area contributed by atoms with Gasteiger partial charge in [0, 0.05) is 25.0 Å². The topological polar surface area (TPSA) is 80.4 Å². The molecule has 3 aromatic heterocycles. The van der Waals surface area contributed by atoms with Crippen LogP contribution >= 0.6 is 0 Å². The number of fused-ring (bicyclic) bond motifs is 1. The number of amides is 2. The number of pyridine rings is 1. The molecule has 1 atom stereocenters. The van der Waals surface area contributed by atoms with Crippen molar-refractivity contribution in [1.29, 1.82) is 0 Å². The maximum atomic E-state index is 13.8. The van der Waals surface area contributed by atoms with Crippen LogP contribution in [0.2, 0.25) is 0 Å². The molecule has 1 saturated carbocycles. The van der Waals surface area contributed by atoms with Crippen LogP contribution in [0.1, 0.15) is 61.5 Å². The number of hydrogen-bond acceptors (Lipinski definition) is 4. The van der Waals surface area contributed by atoms with Crippen LogP contribution < -0.4 is 5.32 Å². The minimum atomic E-state index is -1.05. The summed E-state index contributed by atoms with van der Waals surface area (Å²) in [5.74, 6) is 0.416. The van der Waals surface area contributed by atoms with Crippen molar-refractivity contribution < 1.29 is 14.0 Å². The van der Waals surface area contributed by atoms with Gasteiger partial charge in [0.1, 0.15) is 17.0 Å². The van der Waals surface area contributed by atoms with Crippen LogP contribution in [0.3, 0.4) is 0 Å². The third-order valence-corrected chi connectivity index (χ3v) is 7.02. The molecule has 1 aliphatic heterocycles. The summed E-state index contributed by atoms with van der Waals surface area (Å²) in [5, 5.41) is 3.30. The Labute approximate surface area is 193 Å². The molecule has 0 spiro atoms. The summed E-state index contributed by atoms with van der Waals surface area (Å²) in [5.41, 5.74) is 1.21. The highest BCUT2D eigenvalue weighted by molar-refractivity contribution is 6.00. The quantitative estimate of drug-likeness (QED) is 0.589. The maximum absolute atomic E-state index is 13.8. The predicted octanol–water partition coefficient (Wildman–Crippen LogP) is 4.40. The van der Waals surface area contributed by atoms with Crippen molar-refractivity contribution in [3.63, 3.8) is 0 Å². The van der Waals surface area contributed by atoms with E-state index in [9.17, 15) is 9.59 Å². The van der Waals surface area contributed by atoms with Gasteiger partial charge in [0.15, 0.2) is 0 Å². The van der Waals surface area contributed by atoms with Gasteiger partial charge in [-0.1, -0.05) is 31.7 Å². The first-order valence-corrected chi connectivity index (χ1v) is 11.8. The first-order chi connectivity index (χ1) is 16.1. The van der Waals surface area contributed by atoms with Crippen molar-refractivity contribution in [2.45, 2.75) is 70.1 Å². The van der Waals surface area contributed by atoms with Gasteiger partial charge in [0.2, 0.25) is 5.91 Å². The van der Waals surface area contributed by atoms with E-state index in [-0.39, 0.29) is 17.9 Å². The third kappa shape index (κ3) is 4.08. The smallest absolute Gasteiger partial charge is 0.271 e. The zero-order valence-electron chi connectivity index (χ0n) is 19.0. The number of carbonyl (C=O) groups excluding carboxylic acids is 2. The SMILES string of the molecule is C[C@]1(C(=O)NC2CCCCCC2)Cn2c(ccc2-c2ccco2)C(=O)N1Cc1cccnc1. The first-order valence-electron chi connectivity index (χ1n) is 11.8. The summed E-state index contributed by atoms with van der Waals surface area (Å²) >= 11 is 0. The van der Waals surface area contributed by atoms with E-state index in [0.717, 1.165) is 36.9 Å². The Morgan fingerprint density at radius 1 is 1.12 bits per heavy atom. The fourth-order valence-corrected chi connectivity index (χ4v) is 5.10. The van der Waals surface area contributed by atoms with Gasteiger partial charge >= 0.3 is 0 Å². The van der Waals surface area contributed by atoms with E-state index in [1.807, 2.05) is 47.9 Å². The highest BCUT2D eigenvalue weighted by atomic mass is 16.3. The van der Waals surface area contributed by atoms with Crippen LogP contribution in [0.4, 0.5) is 0 Å². The third-order valence-electron chi connectivity index (χ3n) is 7.02. The first kappa shape index (κ1) is 21.5. The minimum Gasteiger partial charge on any atom is -0.463 e. The largest absolute Gasteiger partial charge is 0.463 e. The van der Waals surface area contributed by atoms with E-state index < -0.39 is 5.54 Å². The summed E-state index contributed by atoms with van der Waals surface area (Å²) in [4.78, 5) is 33.5. The standard InChI is InChI=1S/C26H30N4O3/c1-26(25(32)28-20-9-4-2-3-5-10-20)18-29-21(23-11-7-15-33-23)12-13-22(29)24(31)30(26)17-19-8-6-14-27-16-19/h6-8,11-16,20H,2-5,9-10,17-18H2,1H3,(H,28,32)/t26-/m1/s1. The molecule has 4 heterocycles. The van der Waals surface area contributed by atoms with Gasteiger partial charge < -0.3 is 19.2 Å². The molecular formula is C26H30N4O3. The van der Waals surface area contributed by atoms with Gasteiger partial charge in [-0.2, -0.15) is 0 Å². The molecule has 3 aromatic rings. The molecule has 172 valence electrons. The van der Waals surface area contributed by atoms with Crippen LogP contribution in [0.25, 0.3) is 11.5 Å². The van der Waals surface area contributed by atoms with Crippen LogP contribution in [0.5, 0.6) is 0 Å². The van der Waals surface area contributed by atoms with Crippen LogP contribution in [0, 0.1) is 0 Å². The lowest BCUT2D eigenvalue weighted by Crippen LogP contribution is -2.64.